The second-order valence-corrected chi connectivity index (χ2v) is 3.43. The van der Waals surface area contributed by atoms with Crippen LogP contribution in [0.15, 0.2) is 29.4 Å². The van der Waals surface area contributed by atoms with Gasteiger partial charge in [-0.3, -0.25) is 11.3 Å². The zero-order valence-corrected chi connectivity index (χ0v) is 8.76. The average Bonchev–Trinajstić information content (AvgIpc) is 2.60. The van der Waals surface area contributed by atoms with Gasteiger partial charge in [0, 0.05) is 5.56 Å². The number of allylic oxidation sites excluding steroid dienone is 1. The SMILES string of the molecule is C=CCCCC(NN)c1ccoc1Cl. The van der Waals surface area contributed by atoms with E-state index in [2.05, 4.69) is 12.0 Å². The number of furan rings is 1. The first-order chi connectivity index (χ1) is 6.79. The van der Waals surface area contributed by atoms with Gasteiger partial charge in [0.05, 0.1) is 12.3 Å². The van der Waals surface area contributed by atoms with E-state index in [0.717, 1.165) is 24.8 Å². The lowest BCUT2D eigenvalue weighted by molar-refractivity contribution is 0.490. The summed E-state index contributed by atoms with van der Waals surface area (Å²) in [6, 6.07) is 1.89. The van der Waals surface area contributed by atoms with E-state index in [-0.39, 0.29) is 6.04 Å². The Bertz CT molecular complexity index is 285. The van der Waals surface area contributed by atoms with E-state index in [1.165, 1.54) is 0 Å². The van der Waals surface area contributed by atoms with Crippen LogP contribution in [0.3, 0.4) is 0 Å². The number of hydrogen-bond donors (Lipinski definition) is 2. The van der Waals surface area contributed by atoms with Crippen LogP contribution in [0.2, 0.25) is 5.22 Å². The third kappa shape index (κ3) is 2.87. The Kier molecular flexibility index (Phi) is 4.73. The van der Waals surface area contributed by atoms with Crippen LogP contribution in [0.4, 0.5) is 0 Å². The summed E-state index contributed by atoms with van der Waals surface area (Å²) in [7, 11) is 0. The lowest BCUT2D eigenvalue weighted by atomic mass is 10.0. The minimum atomic E-state index is 0.0567. The molecule has 14 heavy (non-hydrogen) atoms. The molecule has 0 saturated carbocycles. The van der Waals surface area contributed by atoms with Gasteiger partial charge in [0.1, 0.15) is 0 Å². The number of hydrogen-bond acceptors (Lipinski definition) is 3. The topological polar surface area (TPSA) is 51.2 Å². The van der Waals surface area contributed by atoms with Crippen molar-refractivity contribution in [2.24, 2.45) is 5.84 Å². The zero-order valence-electron chi connectivity index (χ0n) is 8.00. The van der Waals surface area contributed by atoms with Crippen molar-refractivity contribution < 1.29 is 4.42 Å². The van der Waals surface area contributed by atoms with Crippen molar-refractivity contribution in [3.05, 3.63) is 35.8 Å². The van der Waals surface area contributed by atoms with Crippen molar-refractivity contribution in [1.29, 1.82) is 0 Å². The lowest BCUT2D eigenvalue weighted by Gasteiger charge is -2.13. The van der Waals surface area contributed by atoms with Gasteiger partial charge in [0.15, 0.2) is 5.22 Å². The third-order valence-corrected chi connectivity index (χ3v) is 2.43. The van der Waals surface area contributed by atoms with Crippen molar-refractivity contribution in [2.45, 2.75) is 25.3 Å². The summed E-state index contributed by atoms with van der Waals surface area (Å²) in [5.74, 6) is 5.44. The van der Waals surface area contributed by atoms with Crippen molar-refractivity contribution in [3.8, 4) is 0 Å². The summed E-state index contributed by atoms with van der Waals surface area (Å²) < 4.78 is 5.00. The van der Waals surface area contributed by atoms with Gasteiger partial charge in [0.2, 0.25) is 0 Å². The van der Waals surface area contributed by atoms with Crippen LogP contribution in [-0.2, 0) is 0 Å². The molecule has 0 aliphatic carbocycles. The number of nitrogens with two attached hydrogens (primary N) is 1. The molecule has 3 nitrogen and oxygen atoms in total. The first-order valence-corrected chi connectivity index (χ1v) is 4.97. The molecule has 1 unspecified atom stereocenters. The van der Waals surface area contributed by atoms with E-state index >= 15 is 0 Å². The first kappa shape index (κ1) is 11.3. The molecule has 0 aromatic carbocycles. The molecule has 78 valence electrons. The van der Waals surface area contributed by atoms with Crippen molar-refractivity contribution in [3.63, 3.8) is 0 Å². The Labute approximate surface area is 88.9 Å². The molecule has 0 radical (unpaired) electrons. The summed E-state index contributed by atoms with van der Waals surface area (Å²) >= 11 is 5.84. The molecular formula is C10H15ClN2O. The summed E-state index contributed by atoms with van der Waals surface area (Å²) in [6.45, 7) is 3.67. The minimum absolute atomic E-state index is 0.0567. The highest BCUT2D eigenvalue weighted by Crippen LogP contribution is 2.26. The quantitative estimate of drug-likeness (QED) is 0.331. The number of rotatable bonds is 6. The van der Waals surface area contributed by atoms with Crippen LogP contribution in [0, 0.1) is 0 Å². The standard InChI is InChI=1S/C10H15ClN2O/c1-2-3-4-5-9(13-12)8-6-7-14-10(8)11/h2,6-7,9,13H,1,3-5,12H2. The van der Waals surface area contributed by atoms with E-state index in [4.69, 9.17) is 21.9 Å². The summed E-state index contributed by atoms with van der Waals surface area (Å²) in [5, 5.41) is 0.409. The molecule has 3 N–H and O–H groups in total. The zero-order chi connectivity index (χ0) is 10.4. The Morgan fingerprint density at radius 2 is 2.50 bits per heavy atom. The van der Waals surface area contributed by atoms with Crippen LogP contribution in [0.5, 0.6) is 0 Å². The van der Waals surface area contributed by atoms with E-state index in [9.17, 15) is 0 Å². The highest BCUT2D eigenvalue weighted by Gasteiger charge is 2.14. The minimum Gasteiger partial charge on any atom is -0.453 e. The fourth-order valence-corrected chi connectivity index (χ4v) is 1.59. The molecule has 0 saturated heterocycles. The van der Waals surface area contributed by atoms with Crippen molar-refractivity contribution in [2.75, 3.05) is 0 Å². The molecule has 1 heterocycles. The molecule has 0 amide bonds. The van der Waals surface area contributed by atoms with E-state index in [1.807, 2.05) is 12.1 Å². The predicted octanol–water partition coefficient (Wildman–Crippen LogP) is 2.79. The summed E-state index contributed by atoms with van der Waals surface area (Å²) in [4.78, 5) is 0. The highest BCUT2D eigenvalue weighted by molar-refractivity contribution is 6.29. The molecule has 0 fully saturated rings. The second-order valence-electron chi connectivity index (χ2n) is 3.09. The summed E-state index contributed by atoms with van der Waals surface area (Å²) in [5.41, 5.74) is 3.64. The van der Waals surface area contributed by atoms with Crippen LogP contribution < -0.4 is 11.3 Å². The third-order valence-electron chi connectivity index (χ3n) is 2.12. The molecule has 0 bridgehead atoms. The average molecular weight is 215 g/mol. The fraction of sp³-hybridized carbons (Fsp3) is 0.400. The molecule has 0 spiro atoms. The molecule has 1 aromatic heterocycles. The Morgan fingerprint density at radius 1 is 1.71 bits per heavy atom. The van der Waals surface area contributed by atoms with E-state index in [1.54, 1.807) is 6.26 Å². The molecule has 0 aliphatic heterocycles. The van der Waals surface area contributed by atoms with E-state index < -0.39 is 0 Å². The Morgan fingerprint density at radius 3 is 3.00 bits per heavy atom. The highest BCUT2D eigenvalue weighted by atomic mass is 35.5. The Hall–Kier alpha value is -0.770. The predicted molar refractivity (Wildman–Crippen MR) is 57.8 cm³/mol. The molecule has 1 rings (SSSR count). The van der Waals surface area contributed by atoms with Gasteiger partial charge < -0.3 is 4.42 Å². The fourth-order valence-electron chi connectivity index (χ4n) is 1.35. The smallest absolute Gasteiger partial charge is 0.197 e. The monoisotopic (exact) mass is 214 g/mol. The van der Waals surface area contributed by atoms with Gasteiger partial charge in [-0.05, 0) is 36.9 Å². The van der Waals surface area contributed by atoms with Gasteiger partial charge in [-0.25, -0.2) is 0 Å². The van der Waals surface area contributed by atoms with E-state index in [0.29, 0.717) is 5.22 Å². The first-order valence-electron chi connectivity index (χ1n) is 4.59. The lowest BCUT2D eigenvalue weighted by Crippen LogP contribution is -2.27. The maximum absolute atomic E-state index is 5.84. The number of unbranched alkanes of at least 4 members (excludes halogenated alkanes) is 1. The largest absolute Gasteiger partial charge is 0.453 e. The molecule has 1 aromatic rings. The Balaban J connectivity index is 2.54. The van der Waals surface area contributed by atoms with Crippen LogP contribution in [0.25, 0.3) is 0 Å². The maximum Gasteiger partial charge on any atom is 0.197 e. The van der Waals surface area contributed by atoms with Gasteiger partial charge in [-0.15, -0.1) is 6.58 Å². The van der Waals surface area contributed by atoms with Crippen molar-refractivity contribution in [1.82, 2.24) is 5.43 Å². The van der Waals surface area contributed by atoms with Crippen LogP contribution in [0.1, 0.15) is 30.9 Å². The van der Waals surface area contributed by atoms with Gasteiger partial charge in [-0.2, -0.15) is 0 Å². The molecule has 0 aliphatic rings. The van der Waals surface area contributed by atoms with Crippen LogP contribution >= 0.6 is 11.6 Å². The number of halogens is 1. The summed E-state index contributed by atoms with van der Waals surface area (Å²) in [6.07, 6.45) is 6.38. The normalized spacial score (nSPS) is 12.7. The number of hydrazine groups is 1. The molecule has 4 heteroatoms. The van der Waals surface area contributed by atoms with Gasteiger partial charge >= 0.3 is 0 Å². The van der Waals surface area contributed by atoms with Crippen molar-refractivity contribution >= 4 is 11.6 Å². The van der Waals surface area contributed by atoms with Gasteiger partial charge in [-0.1, -0.05) is 6.08 Å². The second kappa shape index (κ2) is 5.86. The number of nitrogens with one attached hydrogen (secondary N) is 1. The molecule has 1 atom stereocenters. The van der Waals surface area contributed by atoms with Crippen LogP contribution in [-0.4, -0.2) is 0 Å². The molecular weight excluding hydrogens is 200 g/mol. The van der Waals surface area contributed by atoms with Gasteiger partial charge in [0.25, 0.3) is 0 Å². The maximum atomic E-state index is 5.84.